The van der Waals surface area contributed by atoms with E-state index in [2.05, 4.69) is 22.4 Å². The Bertz CT molecular complexity index is 388. The predicted molar refractivity (Wildman–Crippen MR) is 60.2 cm³/mol. The number of ether oxygens (including phenoxy) is 1. The predicted octanol–water partition coefficient (Wildman–Crippen LogP) is 1.27. The summed E-state index contributed by atoms with van der Waals surface area (Å²) in [5.74, 6) is 0.575. The van der Waals surface area contributed by atoms with Gasteiger partial charge in [-0.2, -0.15) is 0 Å². The Morgan fingerprint density at radius 2 is 2.31 bits per heavy atom. The van der Waals surface area contributed by atoms with E-state index in [-0.39, 0.29) is 5.91 Å². The lowest BCUT2D eigenvalue weighted by atomic mass is 10.1. The first-order chi connectivity index (χ1) is 7.72. The zero-order valence-electron chi connectivity index (χ0n) is 9.25. The van der Waals surface area contributed by atoms with Gasteiger partial charge in [0, 0.05) is 0 Å². The maximum Gasteiger partial charge on any atom is 0.265 e. The van der Waals surface area contributed by atoms with E-state index >= 15 is 0 Å². The van der Waals surface area contributed by atoms with Gasteiger partial charge in [0.1, 0.15) is 11.5 Å². The number of anilines is 2. The third-order valence-electron chi connectivity index (χ3n) is 2.63. The van der Waals surface area contributed by atoms with E-state index in [0.717, 1.165) is 19.3 Å². The summed E-state index contributed by atoms with van der Waals surface area (Å²) in [4.78, 5) is 11.7. The fraction of sp³-hybridized carbons (Fsp3) is 0.600. The van der Waals surface area contributed by atoms with Gasteiger partial charge in [-0.05, 0) is 12.8 Å². The summed E-state index contributed by atoms with van der Waals surface area (Å²) < 4.78 is 5.48. The topological polar surface area (TPSA) is 93.0 Å². The monoisotopic (exact) mass is 224 g/mol. The highest BCUT2D eigenvalue weighted by molar-refractivity contribution is 5.99. The van der Waals surface area contributed by atoms with Crippen LogP contribution in [0.25, 0.3) is 0 Å². The van der Waals surface area contributed by atoms with Crippen molar-refractivity contribution >= 4 is 17.4 Å². The van der Waals surface area contributed by atoms with Crippen LogP contribution in [0.2, 0.25) is 0 Å². The highest BCUT2D eigenvalue weighted by Gasteiger charge is 2.30. The Labute approximate surface area is 93.5 Å². The molecule has 0 radical (unpaired) electrons. The molecule has 4 N–H and O–H groups in total. The van der Waals surface area contributed by atoms with Crippen LogP contribution < -0.4 is 15.8 Å². The summed E-state index contributed by atoms with van der Waals surface area (Å²) in [6.07, 6.45) is 3.47. The van der Waals surface area contributed by atoms with Gasteiger partial charge in [-0.15, -0.1) is 5.10 Å². The first kappa shape index (κ1) is 10.8. The summed E-state index contributed by atoms with van der Waals surface area (Å²) in [6, 6.07) is 0. The third-order valence-corrected chi connectivity index (χ3v) is 2.63. The molecule has 0 saturated heterocycles. The molecule has 0 fully saturated rings. The van der Waals surface area contributed by atoms with Crippen molar-refractivity contribution in [2.45, 2.75) is 38.7 Å². The number of H-pyrrole nitrogens is 1. The number of aromatic amines is 1. The zero-order valence-corrected chi connectivity index (χ0v) is 9.25. The third kappa shape index (κ3) is 1.95. The molecule has 0 saturated carbocycles. The number of rotatable bonds is 4. The number of hydrogen-bond acceptors (Lipinski definition) is 4. The molecule has 2 heterocycles. The van der Waals surface area contributed by atoms with Gasteiger partial charge in [-0.1, -0.05) is 19.8 Å². The van der Waals surface area contributed by atoms with Crippen LogP contribution in [-0.4, -0.2) is 22.2 Å². The Kier molecular flexibility index (Phi) is 2.98. The molecule has 0 aromatic carbocycles. The van der Waals surface area contributed by atoms with Crippen LogP contribution in [0.15, 0.2) is 0 Å². The first-order valence-electron chi connectivity index (χ1n) is 5.53. The normalized spacial score (nSPS) is 18.8. The lowest BCUT2D eigenvalue weighted by Crippen LogP contribution is -2.36. The number of nitrogens with zero attached hydrogens (tertiary/aromatic N) is 1. The number of unbranched alkanes of at least 4 members (excludes halogenated alkanes) is 2. The summed E-state index contributed by atoms with van der Waals surface area (Å²) in [5.41, 5.74) is 6.03. The SMILES string of the molecule is CCCCCC1Oc2n[nH]c(N)c2NC1=O. The van der Waals surface area contributed by atoms with Gasteiger partial charge >= 0.3 is 0 Å². The second-order valence-corrected chi connectivity index (χ2v) is 3.91. The molecule has 1 aromatic rings. The van der Waals surface area contributed by atoms with Crippen molar-refractivity contribution in [3.8, 4) is 5.88 Å². The van der Waals surface area contributed by atoms with E-state index in [9.17, 15) is 4.79 Å². The molecule has 1 aliphatic heterocycles. The van der Waals surface area contributed by atoms with Crippen LogP contribution in [0.5, 0.6) is 5.88 Å². The van der Waals surface area contributed by atoms with E-state index in [4.69, 9.17) is 10.5 Å². The summed E-state index contributed by atoms with van der Waals surface area (Å²) in [5, 5.41) is 9.16. The van der Waals surface area contributed by atoms with Crippen LogP contribution in [0.4, 0.5) is 11.5 Å². The number of amides is 1. The average Bonchev–Trinajstić information content (AvgIpc) is 2.61. The lowest BCUT2D eigenvalue weighted by molar-refractivity contribution is -0.124. The van der Waals surface area contributed by atoms with E-state index in [1.54, 1.807) is 0 Å². The number of hydrogen-bond donors (Lipinski definition) is 3. The standard InChI is InChI=1S/C10H16N4O2/c1-2-3-4-5-6-9(15)12-7-8(11)13-14-10(7)16-6/h6H,2-5H2,1H3,(H,12,15)(H3,11,13,14). The molecule has 6 nitrogen and oxygen atoms in total. The molecule has 0 spiro atoms. The smallest absolute Gasteiger partial charge is 0.265 e. The molecule has 0 bridgehead atoms. The van der Waals surface area contributed by atoms with Gasteiger partial charge < -0.3 is 15.8 Å². The van der Waals surface area contributed by atoms with E-state index < -0.39 is 6.10 Å². The second kappa shape index (κ2) is 4.42. The van der Waals surface area contributed by atoms with Gasteiger partial charge in [0.2, 0.25) is 0 Å². The summed E-state index contributed by atoms with van der Waals surface area (Å²) >= 11 is 0. The second-order valence-electron chi connectivity index (χ2n) is 3.91. The van der Waals surface area contributed by atoms with Crippen molar-refractivity contribution in [1.29, 1.82) is 0 Å². The van der Waals surface area contributed by atoms with E-state index in [1.165, 1.54) is 0 Å². The van der Waals surface area contributed by atoms with Gasteiger partial charge in [-0.3, -0.25) is 9.89 Å². The highest BCUT2D eigenvalue weighted by atomic mass is 16.5. The number of carbonyl (C=O) groups excluding carboxylic acids is 1. The molecule has 0 aliphatic carbocycles. The van der Waals surface area contributed by atoms with Crippen LogP contribution in [0.3, 0.4) is 0 Å². The Morgan fingerprint density at radius 1 is 1.50 bits per heavy atom. The van der Waals surface area contributed by atoms with Gasteiger partial charge in [-0.25, -0.2) is 0 Å². The minimum absolute atomic E-state index is 0.142. The maximum atomic E-state index is 11.7. The van der Waals surface area contributed by atoms with Crippen LogP contribution in [0, 0.1) is 0 Å². The minimum atomic E-state index is -0.443. The van der Waals surface area contributed by atoms with Crippen molar-refractivity contribution in [1.82, 2.24) is 10.2 Å². The Hall–Kier alpha value is -1.72. The number of carbonyl (C=O) groups is 1. The fourth-order valence-corrected chi connectivity index (χ4v) is 1.71. The number of nitrogen functional groups attached to an aromatic ring is 1. The number of nitrogens with one attached hydrogen (secondary N) is 2. The molecular formula is C10H16N4O2. The van der Waals surface area contributed by atoms with E-state index in [0.29, 0.717) is 23.8 Å². The number of nitrogens with two attached hydrogens (primary N) is 1. The Morgan fingerprint density at radius 3 is 3.06 bits per heavy atom. The largest absolute Gasteiger partial charge is 0.462 e. The fourth-order valence-electron chi connectivity index (χ4n) is 1.71. The molecule has 1 aromatic heterocycles. The highest BCUT2D eigenvalue weighted by Crippen LogP contribution is 2.32. The zero-order chi connectivity index (χ0) is 11.5. The molecule has 6 heteroatoms. The molecule has 1 aliphatic rings. The summed E-state index contributed by atoms with van der Waals surface area (Å²) in [7, 11) is 0. The molecular weight excluding hydrogens is 208 g/mol. The average molecular weight is 224 g/mol. The molecule has 2 rings (SSSR count). The minimum Gasteiger partial charge on any atom is -0.462 e. The summed E-state index contributed by atoms with van der Waals surface area (Å²) in [6.45, 7) is 2.12. The molecule has 1 unspecified atom stereocenters. The van der Waals surface area contributed by atoms with Gasteiger partial charge in [0.15, 0.2) is 6.10 Å². The van der Waals surface area contributed by atoms with Crippen molar-refractivity contribution in [3.63, 3.8) is 0 Å². The van der Waals surface area contributed by atoms with E-state index in [1.807, 2.05) is 0 Å². The molecule has 1 amide bonds. The first-order valence-corrected chi connectivity index (χ1v) is 5.53. The Balaban J connectivity index is 2.01. The van der Waals surface area contributed by atoms with Crippen molar-refractivity contribution < 1.29 is 9.53 Å². The quantitative estimate of drug-likeness (QED) is 0.671. The molecule has 88 valence electrons. The lowest BCUT2D eigenvalue weighted by Gasteiger charge is -2.22. The van der Waals surface area contributed by atoms with Gasteiger partial charge in [0.05, 0.1) is 0 Å². The number of aromatic nitrogens is 2. The molecule has 1 atom stereocenters. The van der Waals surface area contributed by atoms with Crippen LogP contribution in [0.1, 0.15) is 32.6 Å². The van der Waals surface area contributed by atoms with Crippen LogP contribution >= 0.6 is 0 Å². The van der Waals surface area contributed by atoms with Gasteiger partial charge in [0.25, 0.3) is 11.8 Å². The van der Waals surface area contributed by atoms with Crippen LogP contribution in [-0.2, 0) is 4.79 Å². The molecule has 16 heavy (non-hydrogen) atoms. The maximum absolute atomic E-state index is 11.7. The van der Waals surface area contributed by atoms with Crippen molar-refractivity contribution in [2.24, 2.45) is 0 Å². The van der Waals surface area contributed by atoms with Crippen molar-refractivity contribution in [3.05, 3.63) is 0 Å². The van der Waals surface area contributed by atoms with Crippen molar-refractivity contribution in [2.75, 3.05) is 11.1 Å². The number of fused-ring (bicyclic) bond motifs is 1.